The number of methoxy groups -OCH3 is 1. The van der Waals surface area contributed by atoms with Gasteiger partial charge in [0.25, 0.3) is 10.0 Å². The lowest BCUT2D eigenvalue weighted by Crippen LogP contribution is -2.40. The minimum absolute atomic E-state index is 0.0307. The van der Waals surface area contributed by atoms with Gasteiger partial charge in [0.2, 0.25) is 5.91 Å². The molecule has 0 radical (unpaired) electrons. The van der Waals surface area contributed by atoms with Crippen LogP contribution in [0.5, 0.6) is 5.75 Å². The van der Waals surface area contributed by atoms with Crippen molar-refractivity contribution in [3.05, 3.63) is 47.5 Å². The first-order valence-corrected chi connectivity index (χ1v) is 10.5. The fourth-order valence-corrected chi connectivity index (χ4v) is 5.21. The zero-order chi connectivity index (χ0) is 19.2. The van der Waals surface area contributed by atoms with Crippen LogP contribution in [0.4, 0.5) is 11.4 Å². The maximum Gasteiger partial charge on any atom is 0.265 e. The molecule has 1 aliphatic carbocycles. The van der Waals surface area contributed by atoms with Gasteiger partial charge in [0.15, 0.2) is 0 Å². The van der Waals surface area contributed by atoms with Crippen molar-refractivity contribution in [2.75, 3.05) is 17.1 Å². The summed E-state index contributed by atoms with van der Waals surface area (Å²) in [5.74, 6) is 0.317. The van der Waals surface area contributed by atoms with E-state index in [2.05, 4.69) is 10.0 Å². The predicted octanol–water partition coefficient (Wildman–Crippen LogP) is 3.43. The summed E-state index contributed by atoms with van der Waals surface area (Å²) in [6.45, 7) is 1.99. The number of benzene rings is 2. The van der Waals surface area contributed by atoms with Crippen LogP contribution in [-0.2, 0) is 26.7 Å². The lowest BCUT2D eigenvalue weighted by Gasteiger charge is -2.36. The highest BCUT2D eigenvalue weighted by Gasteiger charge is 2.51. The number of carbonyl (C=O) groups excluding carboxylic acids is 1. The third-order valence-electron chi connectivity index (χ3n) is 5.61. The van der Waals surface area contributed by atoms with Crippen molar-refractivity contribution in [2.24, 2.45) is 0 Å². The molecule has 0 atom stereocenters. The largest absolute Gasteiger partial charge is 0.495 e. The van der Waals surface area contributed by atoms with Gasteiger partial charge in [0.1, 0.15) is 10.6 Å². The van der Waals surface area contributed by atoms with Gasteiger partial charge in [-0.15, -0.1) is 0 Å². The van der Waals surface area contributed by atoms with E-state index in [1.54, 1.807) is 30.3 Å². The molecule has 1 heterocycles. The first kappa shape index (κ1) is 17.9. The van der Waals surface area contributed by atoms with Crippen LogP contribution >= 0.6 is 0 Å². The van der Waals surface area contributed by atoms with Gasteiger partial charge in [-0.1, -0.05) is 25.5 Å². The number of ether oxygens (including phenoxy) is 1. The second kappa shape index (κ2) is 6.27. The van der Waals surface area contributed by atoms with E-state index in [0.717, 1.165) is 36.1 Å². The van der Waals surface area contributed by atoms with Gasteiger partial charge in [-0.2, -0.15) is 0 Å². The van der Waals surface area contributed by atoms with E-state index in [1.165, 1.54) is 13.2 Å². The normalized spacial score (nSPS) is 17.2. The van der Waals surface area contributed by atoms with Crippen LogP contribution in [0.15, 0.2) is 41.3 Å². The van der Waals surface area contributed by atoms with E-state index < -0.39 is 15.4 Å². The summed E-state index contributed by atoms with van der Waals surface area (Å²) in [5.41, 5.74) is 2.67. The molecule has 0 unspecified atom stereocenters. The Balaban J connectivity index is 1.77. The molecule has 2 aromatic carbocycles. The van der Waals surface area contributed by atoms with Crippen LogP contribution in [0.25, 0.3) is 0 Å². The summed E-state index contributed by atoms with van der Waals surface area (Å²) < 4.78 is 33.7. The summed E-state index contributed by atoms with van der Waals surface area (Å²) >= 11 is 0. The predicted molar refractivity (Wildman–Crippen MR) is 104 cm³/mol. The number of rotatable bonds is 5. The van der Waals surface area contributed by atoms with Gasteiger partial charge in [-0.05, 0) is 54.7 Å². The summed E-state index contributed by atoms with van der Waals surface area (Å²) in [5, 5.41) is 3.01. The number of fused-ring (bicyclic) bond motifs is 2. The Bertz CT molecular complexity index is 1030. The van der Waals surface area contributed by atoms with E-state index in [-0.39, 0.29) is 16.6 Å². The summed E-state index contributed by atoms with van der Waals surface area (Å²) in [6, 6.07) is 10.1. The number of amides is 1. The molecule has 2 N–H and O–H groups in total. The first-order valence-electron chi connectivity index (χ1n) is 9.06. The highest BCUT2D eigenvalue weighted by Crippen LogP contribution is 2.52. The van der Waals surface area contributed by atoms with Gasteiger partial charge in [-0.3, -0.25) is 9.52 Å². The fourth-order valence-electron chi connectivity index (χ4n) is 4.00. The molecular formula is C20H22N2O4S. The Morgan fingerprint density at radius 3 is 2.59 bits per heavy atom. The Hall–Kier alpha value is -2.54. The molecule has 0 aromatic heterocycles. The van der Waals surface area contributed by atoms with Gasteiger partial charge in [0.05, 0.1) is 12.5 Å². The van der Waals surface area contributed by atoms with Crippen molar-refractivity contribution in [1.82, 2.24) is 0 Å². The van der Waals surface area contributed by atoms with Crippen molar-refractivity contribution in [2.45, 2.75) is 42.9 Å². The maximum absolute atomic E-state index is 12.9. The van der Waals surface area contributed by atoms with E-state index in [9.17, 15) is 13.2 Å². The number of aryl methyl sites for hydroxylation is 1. The third-order valence-corrected chi connectivity index (χ3v) is 7.03. The number of hydrogen-bond acceptors (Lipinski definition) is 4. The van der Waals surface area contributed by atoms with Crippen LogP contribution in [0.2, 0.25) is 0 Å². The van der Waals surface area contributed by atoms with Crippen LogP contribution in [0, 0.1) is 0 Å². The minimum Gasteiger partial charge on any atom is -0.495 e. The monoisotopic (exact) mass is 386 g/mol. The Morgan fingerprint density at radius 2 is 1.96 bits per heavy atom. The Labute approximate surface area is 159 Å². The summed E-state index contributed by atoms with van der Waals surface area (Å²) in [4.78, 5) is 12.6. The standard InChI is InChI=1S/C20H22N2O4S/c1-3-13-11-14(12-15-18(13)21-19(23)20(15)9-6-10-20)22-27(24,25)17-8-5-4-7-16(17)26-2/h4-5,7-8,11-12,22H,3,6,9-10H2,1-2H3,(H,21,23). The van der Waals surface area contributed by atoms with Crippen molar-refractivity contribution < 1.29 is 17.9 Å². The minimum atomic E-state index is -3.82. The Kier molecular flexibility index (Phi) is 4.14. The lowest BCUT2D eigenvalue weighted by atomic mass is 9.65. The smallest absolute Gasteiger partial charge is 0.265 e. The zero-order valence-corrected chi connectivity index (χ0v) is 16.2. The highest BCUT2D eigenvalue weighted by molar-refractivity contribution is 7.92. The molecule has 7 heteroatoms. The van der Waals surface area contributed by atoms with Crippen molar-refractivity contribution in [3.63, 3.8) is 0 Å². The lowest BCUT2D eigenvalue weighted by molar-refractivity contribution is -0.123. The molecule has 1 spiro atoms. The van der Waals surface area contributed by atoms with Crippen molar-refractivity contribution in [1.29, 1.82) is 0 Å². The molecule has 1 saturated carbocycles. The quantitative estimate of drug-likeness (QED) is 0.824. The van der Waals surface area contributed by atoms with Crippen LogP contribution in [0.1, 0.15) is 37.3 Å². The van der Waals surface area contributed by atoms with E-state index in [4.69, 9.17) is 4.74 Å². The van der Waals surface area contributed by atoms with E-state index in [1.807, 2.05) is 6.92 Å². The molecular weight excluding hydrogens is 364 g/mol. The van der Waals surface area contributed by atoms with Crippen LogP contribution < -0.4 is 14.8 Å². The molecule has 6 nitrogen and oxygen atoms in total. The topological polar surface area (TPSA) is 84.5 Å². The third kappa shape index (κ3) is 2.68. The number of carbonyl (C=O) groups is 1. The molecule has 142 valence electrons. The molecule has 1 amide bonds. The number of nitrogens with one attached hydrogen (secondary N) is 2. The number of sulfonamides is 1. The Morgan fingerprint density at radius 1 is 1.22 bits per heavy atom. The molecule has 2 aromatic rings. The molecule has 1 aliphatic heterocycles. The molecule has 2 aliphatic rings. The van der Waals surface area contributed by atoms with Crippen molar-refractivity contribution in [3.8, 4) is 5.75 Å². The van der Waals surface area contributed by atoms with Gasteiger partial charge in [-0.25, -0.2) is 8.42 Å². The molecule has 27 heavy (non-hydrogen) atoms. The molecule has 1 fully saturated rings. The van der Waals surface area contributed by atoms with Crippen LogP contribution in [-0.4, -0.2) is 21.4 Å². The van der Waals surface area contributed by atoms with Gasteiger partial charge in [0, 0.05) is 11.4 Å². The van der Waals surface area contributed by atoms with Gasteiger partial charge < -0.3 is 10.1 Å². The fraction of sp³-hybridized carbons (Fsp3) is 0.350. The second-order valence-electron chi connectivity index (χ2n) is 7.06. The molecule has 0 saturated heterocycles. The average molecular weight is 386 g/mol. The number of hydrogen-bond donors (Lipinski definition) is 2. The average Bonchev–Trinajstić information content (AvgIpc) is 2.92. The number of anilines is 2. The molecule has 0 bridgehead atoms. The maximum atomic E-state index is 12.9. The second-order valence-corrected chi connectivity index (χ2v) is 8.71. The van der Waals surface area contributed by atoms with Crippen molar-refractivity contribution >= 4 is 27.3 Å². The molecule has 4 rings (SSSR count). The first-order chi connectivity index (χ1) is 12.9. The summed E-state index contributed by atoms with van der Waals surface area (Å²) in [7, 11) is -2.38. The number of para-hydroxylation sites is 1. The SMILES string of the molecule is CCc1cc(NS(=O)(=O)c2ccccc2OC)cc2c1NC(=O)C21CCC1. The highest BCUT2D eigenvalue weighted by atomic mass is 32.2. The van der Waals surface area contributed by atoms with Crippen LogP contribution in [0.3, 0.4) is 0 Å². The zero-order valence-electron chi connectivity index (χ0n) is 15.3. The van der Waals surface area contributed by atoms with Gasteiger partial charge >= 0.3 is 0 Å². The van der Waals surface area contributed by atoms with E-state index in [0.29, 0.717) is 12.1 Å². The van der Waals surface area contributed by atoms with E-state index >= 15 is 0 Å². The summed E-state index contributed by atoms with van der Waals surface area (Å²) in [6.07, 6.45) is 3.31.